The van der Waals surface area contributed by atoms with Crippen molar-refractivity contribution >= 4 is 23.4 Å². The molecule has 1 saturated heterocycles. The molecular weight excluding hydrogens is 264 g/mol. The second-order valence-electron chi connectivity index (χ2n) is 5.16. The van der Waals surface area contributed by atoms with E-state index < -0.39 is 0 Å². The Balaban J connectivity index is 1.62. The van der Waals surface area contributed by atoms with Crippen LogP contribution in [0.1, 0.15) is 29.6 Å². The number of hydrogen-bond acceptors (Lipinski definition) is 2. The lowest BCUT2D eigenvalue weighted by atomic mass is 10.2. The van der Waals surface area contributed by atoms with Crippen molar-refractivity contribution in [1.29, 1.82) is 0 Å². The summed E-state index contributed by atoms with van der Waals surface area (Å²) in [6, 6.07) is 7.16. The van der Waals surface area contributed by atoms with Crippen molar-refractivity contribution in [2.75, 3.05) is 6.54 Å². The Hall–Kier alpha value is -1.55. The average molecular weight is 279 g/mol. The van der Waals surface area contributed by atoms with E-state index in [0.29, 0.717) is 29.6 Å². The average Bonchev–Trinajstić information content (AvgIpc) is 3.14. The molecule has 3 rings (SSSR count). The van der Waals surface area contributed by atoms with Crippen molar-refractivity contribution in [2.24, 2.45) is 0 Å². The van der Waals surface area contributed by atoms with Crippen LogP contribution in [0.5, 0.6) is 0 Å². The van der Waals surface area contributed by atoms with Gasteiger partial charge in [-0.2, -0.15) is 0 Å². The first-order chi connectivity index (χ1) is 9.13. The number of nitrogens with zero attached hydrogens (tertiary/aromatic N) is 1. The number of likely N-dealkylation sites (tertiary alicyclic amines) is 1. The molecule has 1 N–H and O–H groups in total. The summed E-state index contributed by atoms with van der Waals surface area (Å²) in [4.78, 5) is 25.7. The smallest absolute Gasteiger partial charge is 0.251 e. The highest BCUT2D eigenvalue weighted by molar-refractivity contribution is 6.30. The van der Waals surface area contributed by atoms with E-state index in [9.17, 15) is 9.59 Å². The number of rotatable bonds is 3. The fourth-order valence-electron chi connectivity index (χ4n) is 2.47. The van der Waals surface area contributed by atoms with Crippen LogP contribution in [-0.2, 0) is 4.79 Å². The molecule has 1 aromatic rings. The molecule has 2 fully saturated rings. The SMILES string of the molecule is O=C(N[C@H]1CC(=O)N(C2CC2)C1)c1cccc(Cl)c1. The molecule has 1 aliphatic carbocycles. The fourth-order valence-corrected chi connectivity index (χ4v) is 2.66. The normalized spacial score (nSPS) is 22.7. The van der Waals surface area contributed by atoms with Gasteiger partial charge in [0.05, 0.1) is 6.04 Å². The highest BCUT2D eigenvalue weighted by Crippen LogP contribution is 2.30. The molecule has 1 aromatic carbocycles. The molecule has 5 heteroatoms. The van der Waals surface area contributed by atoms with Gasteiger partial charge in [0.25, 0.3) is 5.91 Å². The van der Waals surface area contributed by atoms with Crippen molar-refractivity contribution in [3.63, 3.8) is 0 Å². The van der Waals surface area contributed by atoms with Gasteiger partial charge in [0.15, 0.2) is 0 Å². The molecule has 2 aliphatic rings. The summed E-state index contributed by atoms with van der Waals surface area (Å²) < 4.78 is 0. The lowest BCUT2D eigenvalue weighted by molar-refractivity contribution is -0.128. The van der Waals surface area contributed by atoms with Gasteiger partial charge in [-0.15, -0.1) is 0 Å². The summed E-state index contributed by atoms with van der Waals surface area (Å²) in [5, 5.41) is 3.44. The van der Waals surface area contributed by atoms with E-state index in [1.807, 2.05) is 4.90 Å². The summed E-state index contributed by atoms with van der Waals surface area (Å²) in [6.07, 6.45) is 2.60. The molecule has 0 unspecified atom stereocenters. The molecule has 2 amide bonds. The highest BCUT2D eigenvalue weighted by Gasteiger charge is 2.39. The second kappa shape index (κ2) is 4.85. The zero-order chi connectivity index (χ0) is 13.4. The van der Waals surface area contributed by atoms with Gasteiger partial charge in [0.1, 0.15) is 0 Å². The Bertz CT molecular complexity index is 528. The number of halogens is 1. The molecule has 4 nitrogen and oxygen atoms in total. The lowest BCUT2D eigenvalue weighted by Gasteiger charge is -2.16. The summed E-state index contributed by atoms with van der Waals surface area (Å²) in [5.74, 6) is -0.0168. The molecule has 1 atom stereocenters. The summed E-state index contributed by atoms with van der Waals surface area (Å²) >= 11 is 5.86. The van der Waals surface area contributed by atoms with E-state index in [0.717, 1.165) is 12.8 Å². The van der Waals surface area contributed by atoms with Crippen LogP contribution < -0.4 is 5.32 Å². The van der Waals surface area contributed by atoms with Crippen LogP contribution in [0, 0.1) is 0 Å². The number of amides is 2. The van der Waals surface area contributed by atoms with Gasteiger partial charge in [-0.25, -0.2) is 0 Å². The van der Waals surface area contributed by atoms with E-state index in [1.165, 1.54) is 0 Å². The number of hydrogen-bond donors (Lipinski definition) is 1. The van der Waals surface area contributed by atoms with Crippen molar-refractivity contribution in [3.8, 4) is 0 Å². The summed E-state index contributed by atoms with van der Waals surface area (Å²) in [5.41, 5.74) is 0.532. The van der Waals surface area contributed by atoms with Crippen LogP contribution in [0.3, 0.4) is 0 Å². The number of carbonyl (C=O) groups is 2. The first-order valence-electron chi connectivity index (χ1n) is 6.49. The maximum Gasteiger partial charge on any atom is 0.251 e. The van der Waals surface area contributed by atoms with E-state index in [1.54, 1.807) is 24.3 Å². The molecule has 19 heavy (non-hydrogen) atoms. The summed E-state index contributed by atoms with van der Waals surface area (Å²) in [7, 11) is 0. The minimum atomic E-state index is -0.169. The van der Waals surface area contributed by atoms with Crippen molar-refractivity contribution in [3.05, 3.63) is 34.9 Å². The predicted molar refractivity (Wildman–Crippen MR) is 72.1 cm³/mol. The molecule has 0 radical (unpaired) electrons. The minimum Gasteiger partial charge on any atom is -0.347 e. The first-order valence-corrected chi connectivity index (χ1v) is 6.87. The van der Waals surface area contributed by atoms with Gasteiger partial charge in [-0.1, -0.05) is 17.7 Å². The second-order valence-corrected chi connectivity index (χ2v) is 5.60. The third-order valence-electron chi connectivity index (χ3n) is 3.57. The number of nitrogens with one attached hydrogen (secondary N) is 1. The van der Waals surface area contributed by atoms with Crippen molar-refractivity contribution in [2.45, 2.75) is 31.3 Å². The molecular formula is C14H15ClN2O2. The largest absolute Gasteiger partial charge is 0.347 e. The number of carbonyl (C=O) groups excluding carboxylic acids is 2. The standard InChI is InChI=1S/C14H15ClN2O2/c15-10-3-1-2-9(6-10)14(19)16-11-7-13(18)17(8-11)12-4-5-12/h1-3,6,11-12H,4-5,7-8H2,(H,16,19)/t11-/m0/s1. The van der Waals surface area contributed by atoms with Crippen LogP contribution >= 0.6 is 11.6 Å². The Kier molecular flexibility index (Phi) is 3.19. The molecule has 1 aliphatic heterocycles. The minimum absolute atomic E-state index is 0.0837. The van der Waals surface area contributed by atoms with E-state index in [4.69, 9.17) is 11.6 Å². The summed E-state index contributed by atoms with van der Waals surface area (Å²) in [6.45, 7) is 0.635. The topological polar surface area (TPSA) is 49.4 Å². The van der Waals surface area contributed by atoms with E-state index in [-0.39, 0.29) is 17.9 Å². The van der Waals surface area contributed by atoms with E-state index in [2.05, 4.69) is 5.32 Å². The van der Waals surface area contributed by atoms with Gasteiger partial charge in [0, 0.05) is 29.6 Å². The molecule has 1 saturated carbocycles. The van der Waals surface area contributed by atoms with Crippen molar-refractivity contribution < 1.29 is 9.59 Å². The fraction of sp³-hybridized carbons (Fsp3) is 0.429. The highest BCUT2D eigenvalue weighted by atomic mass is 35.5. The van der Waals surface area contributed by atoms with Crippen LogP contribution in [0.4, 0.5) is 0 Å². The Morgan fingerprint density at radius 3 is 2.84 bits per heavy atom. The van der Waals surface area contributed by atoms with Crippen LogP contribution in [-0.4, -0.2) is 35.3 Å². The Morgan fingerprint density at radius 1 is 1.37 bits per heavy atom. The van der Waals surface area contributed by atoms with Crippen LogP contribution in [0.25, 0.3) is 0 Å². The zero-order valence-electron chi connectivity index (χ0n) is 10.4. The van der Waals surface area contributed by atoms with Gasteiger partial charge in [0.2, 0.25) is 5.91 Å². The van der Waals surface area contributed by atoms with Crippen LogP contribution in [0.2, 0.25) is 5.02 Å². The van der Waals surface area contributed by atoms with Gasteiger partial charge in [-0.05, 0) is 31.0 Å². The van der Waals surface area contributed by atoms with Gasteiger partial charge >= 0.3 is 0 Å². The molecule has 1 heterocycles. The quantitative estimate of drug-likeness (QED) is 0.917. The van der Waals surface area contributed by atoms with Crippen molar-refractivity contribution in [1.82, 2.24) is 10.2 Å². The van der Waals surface area contributed by atoms with E-state index >= 15 is 0 Å². The number of benzene rings is 1. The molecule has 100 valence electrons. The van der Waals surface area contributed by atoms with Gasteiger partial charge < -0.3 is 10.2 Å². The monoisotopic (exact) mass is 278 g/mol. The zero-order valence-corrected chi connectivity index (χ0v) is 11.2. The first kappa shape index (κ1) is 12.5. The Labute approximate surface area is 116 Å². The maximum atomic E-state index is 12.1. The molecule has 0 aromatic heterocycles. The van der Waals surface area contributed by atoms with Gasteiger partial charge in [-0.3, -0.25) is 9.59 Å². The third kappa shape index (κ3) is 2.73. The third-order valence-corrected chi connectivity index (χ3v) is 3.80. The predicted octanol–water partition coefficient (Wildman–Crippen LogP) is 1.83. The maximum absolute atomic E-state index is 12.1. The van der Waals surface area contributed by atoms with Crippen LogP contribution in [0.15, 0.2) is 24.3 Å². The lowest BCUT2D eigenvalue weighted by Crippen LogP contribution is -2.37. The molecule has 0 spiro atoms. The Morgan fingerprint density at radius 2 is 2.16 bits per heavy atom. The molecule has 0 bridgehead atoms.